The molecule has 1 aromatic heterocycles. The van der Waals surface area contributed by atoms with Crippen LogP contribution in [0.4, 0.5) is 0 Å². The maximum Gasteiger partial charge on any atom is 0.287 e. The molecule has 0 bridgehead atoms. The number of aryl methyl sites for hydroxylation is 4. The molecule has 0 aliphatic carbocycles. The molecule has 0 aliphatic rings. The number of carbonyl (C=O) groups is 1. The predicted molar refractivity (Wildman–Crippen MR) is 78.3 cm³/mol. The summed E-state index contributed by atoms with van der Waals surface area (Å²) >= 11 is 0. The van der Waals surface area contributed by atoms with Crippen LogP contribution in [-0.4, -0.2) is 21.8 Å². The lowest BCUT2D eigenvalue weighted by molar-refractivity contribution is 0.0707. The summed E-state index contributed by atoms with van der Waals surface area (Å²) in [6.07, 6.45) is -0.575. The number of ether oxygens (including phenoxy) is 1. The third kappa shape index (κ3) is 3.07. The fraction of sp³-hybridized carbons (Fsp3) is 0.375. The summed E-state index contributed by atoms with van der Waals surface area (Å²) in [7, 11) is 0. The number of nitrogens with zero attached hydrogens (tertiary/aromatic N) is 2. The van der Waals surface area contributed by atoms with Gasteiger partial charge in [-0.1, -0.05) is 6.07 Å². The second-order valence-corrected chi connectivity index (χ2v) is 5.26. The Labute approximate surface area is 119 Å². The topological polar surface area (TPSA) is 44.1 Å². The molecule has 1 heterocycles. The van der Waals surface area contributed by atoms with Crippen LogP contribution in [0, 0.1) is 27.7 Å². The number of carbonyl (C=O) groups excluding carboxylic acids is 1. The molecule has 1 atom stereocenters. The molecule has 0 radical (unpaired) electrons. The monoisotopic (exact) mass is 272 g/mol. The van der Waals surface area contributed by atoms with E-state index in [1.54, 1.807) is 6.92 Å². The standard InChI is InChI=1S/C16H20N2O2/c1-10-6-11(2)8-15(7-10)20-14(5)16(19)18-13(4)9-12(3)17-18/h6-9,14H,1-5H3. The highest BCUT2D eigenvalue weighted by molar-refractivity contribution is 5.83. The molecular weight excluding hydrogens is 252 g/mol. The van der Waals surface area contributed by atoms with Gasteiger partial charge in [-0.2, -0.15) is 5.10 Å². The first-order chi connectivity index (χ1) is 9.36. The molecule has 2 aromatic rings. The molecule has 2 rings (SSSR count). The quantitative estimate of drug-likeness (QED) is 0.861. The lowest BCUT2D eigenvalue weighted by Gasteiger charge is -2.15. The Morgan fingerprint density at radius 2 is 1.70 bits per heavy atom. The van der Waals surface area contributed by atoms with Crippen LogP contribution in [0.15, 0.2) is 24.3 Å². The SMILES string of the molecule is Cc1cc(C)cc(OC(C)C(=O)n2nc(C)cc2C)c1. The van der Waals surface area contributed by atoms with Crippen molar-refractivity contribution in [3.63, 3.8) is 0 Å². The van der Waals surface area contributed by atoms with E-state index >= 15 is 0 Å². The maximum absolute atomic E-state index is 12.3. The number of aromatic nitrogens is 2. The van der Waals surface area contributed by atoms with Gasteiger partial charge in [0, 0.05) is 5.69 Å². The molecule has 1 aromatic carbocycles. The van der Waals surface area contributed by atoms with E-state index in [9.17, 15) is 4.79 Å². The second-order valence-electron chi connectivity index (χ2n) is 5.26. The van der Waals surface area contributed by atoms with Crippen LogP contribution in [0.25, 0.3) is 0 Å². The summed E-state index contributed by atoms with van der Waals surface area (Å²) in [5, 5.41) is 4.20. The summed E-state index contributed by atoms with van der Waals surface area (Å²) in [5.74, 6) is 0.555. The third-order valence-electron chi connectivity index (χ3n) is 3.07. The van der Waals surface area contributed by atoms with Gasteiger partial charge in [-0.25, -0.2) is 4.68 Å². The molecule has 20 heavy (non-hydrogen) atoms. The van der Waals surface area contributed by atoms with E-state index in [4.69, 9.17) is 4.74 Å². The highest BCUT2D eigenvalue weighted by Crippen LogP contribution is 2.18. The zero-order valence-electron chi connectivity index (χ0n) is 12.6. The molecule has 4 heteroatoms. The summed E-state index contributed by atoms with van der Waals surface area (Å²) in [4.78, 5) is 12.3. The average molecular weight is 272 g/mol. The first-order valence-corrected chi connectivity index (χ1v) is 6.69. The normalized spacial score (nSPS) is 12.2. The zero-order valence-corrected chi connectivity index (χ0v) is 12.6. The second kappa shape index (κ2) is 5.49. The predicted octanol–water partition coefficient (Wildman–Crippen LogP) is 3.22. The molecule has 0 saturated heterocycles. The van der Waals surface area contributed by atoms with Crippen LogP contribution in [0.3, 0.4) is 0 Å². The van der Waals surface area contributed by atoms with E-state index < -0.39 is 6.10 Å². The van der Waals surface area contributed by atoms with Crippen LogP contribution in [0.2, 0.25) is 0 Å². The number of benzene rings is 1. The molecule has 1 unspecified atom stereocenters. The average Bonchev–Trinajstić information content (AvgIpc) is 2.66. The van der Waals surface area contributed by atoms with E-state index in [1.165, 1.54) is 4.68 Å². The third-order valence-corrected chi connectivity index (χ3v) is 3.07. The van der Waals surface area contributed by atoms with Gasteiger partial charge in [0.15, 0.2) is 6.10 Å². The first-order valence-electron chi connectivity index (χ1n) is 6.69. The molecule has 4 nitrogen and oxygen atoms in total. The lowest BCUT2D eigenvalue weighted by atomic mass is 10.1. The van der Waals surface area contributed by atoms with E-state index in [0.717, 1.165) is 22.5 Å². The van der Waals surface area contributed by atoms with Crippen molar-refractivity contribution < 1.29 is 9.53 Å². The molecule has 0 amide bonds. The van der Waals surface area contributed by atoms with Gasteiger partial charge in [-0.05, 0) is 63.9 Å². The van der Waals surface area contributed by atoms with E-state index in [2.05, 4.69) is 11.2 Å². The smallest absolute Gasteiger partial charge is 0.287 e. The zero-order chi connectivity index (χ0) is 14.9. The highest BCUT2D eigenvalue weighted by Gasteiger charge is 2.19. The van der Waals surface area contributed by atoms with Gasteiger partial charge in [0.1, 0.15) is 5.75 Å². The van der Waals surface area contributed by atoms with E-state index in [-0.39, 0.29) is 5.91 Å². The fourth-order valence-electron chi connectivity index (χ4n) is 2.28. The van der Waals surface area contributed by atoms with Crippen LogP contribution in [0.1, 0.15) is 34.2 Å². The molecule has 0 spiro atoms. The number of rotatable bonds is 3. The Kier molecular flexibility index (Phi) is 3.93. The Morgan fingerprint density at radius 1 is 1.10 bits per heavy atom. The highest BCUT2D eigenvalue weighted by atomic mass is 16.5. The molecule has 0 saturated carbocycles. The van der Waals surface area contributed by atoms with Crippen molar-refractivity contribution in [2.45, 2.75) is 40.7 Å². The van der Waals surface area contributed by atoms with Gasteiger partial charge in [0.05, 0.1) is 5.69 Å². The van der Waals surface area contributed by atoms with Gasteiger partial charge < -0.3 is 4.74 Å². The van der Waals surface area contributed by atoms with Crippen molar-refractivity contribution in [3.8, 4) is 5.75 Å². The lowest BCUT2D eigenvalue weighted by Crippen LogP contribution is -2.30. The largest absolute Gasteiger partial charge is 0.481 e. The van der Waals surface area contributed by atoms with Gasteiger partial charge >= 0.3 is 0 Å². The van der Waals surface area contributed by atoms with Gasteiger partial charge in [-0.15, -0.1) is 0 Å². The van der Waals surface area contributed by atoms with Crippen molar-refractivity contribution in [1.29, 1.82) is 0 Å². The number of hydrogen-bond acceptors (Lipinski definition) is 3. The summed E-state index contributed by atoms with van der Waals surface area (Å²) in [6.45, 7) is 9.49. The minimum atomic E-state index is -0.575. The molecule has 0 fully saturated rings. The Morgan fingerprint density at radius 3 is 2.20 bits per heavy atom. The number of hydrogen-bond donors (Lipinski definition) is 0. The van der Waals surface area contributed by atoms with Crippen molar-refractivity contribution in [2.24, 2.45) is 0 Å². The van der Waals surface area contributed by atoms with Crippen LogP contribution >= 0.6 is 0 Å². The minimum absolute atomic E-state index is 0.158. The minimum Gasteiger partial charge on any atom is -0.481 e. The van der Waals surface area contributed by atoms with Crippen molar-refractivity contribution in [2.75, 3.05) is 0 Å². The van der Waals surface area contributed by atoms with E-state index in [1.807, 2.05) is 45.9 Å². The molecule has 106 valence electrons. The Bertz CT molecular complexity index is 624. The molecule has 0 aliphatic heterocycles. The van der Waals surface area contributed by atoms with Crippen molar-refractivity contribution in [3.05, 3.63) is 46.8 Å². The summed E-state index contributed by atoms with van der Waals surface area (Å²) < 4.78 is 7.15. The maximum atomic E-state index is 12.3. The van der Waals surface area contributed by atoms with E-state index in [0.29, 0.717) is 5.75 Å². The first kappa shape index (κ1) is 14.3. The van der Waals surface area contributed by atoms with Crippen LogP contribution in [0.5, 0.6) is 5.75 Å². The molecule has 0 N–H and O–H groups in total. The van der Waals surface area contributed by atoms with Gasteiger partial charge in [0.25, 0.3) is 5.91 Å². The van der Waals surface area contributed by atoms with Gasteiger partial charge in [-0.3, -0.25) is 4.79 Å². The molecular formula is C16H20N2O2. The van der Waals surface area contributed by atoms with Crippen molar-refractivity contribution >= 4 is 5.91 Å². The summed E-state index contributed by atoms with van der Waals surface area (Å²) in [6, 6.07) is 7.80. The van der Waals surface area contributed by atoms with Crippen molar-refractivity contribution in [1.82, 2.24) is 9.78 Å². The Balaban J connectivity index is 2.17. The van der Waals surface area contributed by atoms with Crippen LogP contribution < -0.4 is 4.74 Å². The van der Waals surface area contributed by atoms with Crippen LogP contribution in [-0.2, 0) is 0 Å². The fourth-order valence-corrected chi connectivity index (χ4v) is 2.28. The van der Waals surface area contributed by atoms with Gasteiger partial charge in [0.2, 0.25) is 0 Å². The Hall–Kier alpha value is -2.10. The summed E-state index contributed by atoms with van der Waals surface area (Å²) in [5.41, 5.74) is 3.88.